The summed E-state index contributed by atoms with van der Waals surface area (Å²) in [5, 5.41) is 0. The molecule has 22 heavy (non-hydrogen) atoms. The zero-order valence-electron chi connectivity index (χ0n) is 13.5. The van der Waals surface area contributed by atoms with Crippen molar-refractivity contribution in [1.29, 1.82) is 0 Å². The van der Waals surface area contributed by atoms with Gasteiger partial charge >= 0.3 is 0 Å². The molecule has 120 valence electrons. The average molecular weight is 305 g/mol. The number of ketones is 2. The molecule has 0 fully saturated rings. The Morgan fingerprint density at radius 1 is 1.23 bits per heavy atom. The largest absolute Gasteiger partial charge is 0.437 e. The number of carbonyl (C=O) groups is 2. The smallest absolute Gasteiger partial charge is 0.229 e. The topological polar surface area (TPSA) is 75.8 Å². The van der Waals surface area contributed by atoms with E-state index in [1.807, 2.05) is 21.0 Å². The number of oxazole rings is 1. The molecule has 0 amide bonds. The molecule has 1 aliphatic rings. The van der Waals surface area contributed by atoms with Crippen LogP contribution in [0, 0.1) is 0 Å². The molecule has 0 aromatic carbocycles. The number of Topliss-reactive ketones (excluding diaryl/α,β-unsaturated/α-hetero) is 2. The molecule has 6 heteroatoms. The molecule has 2 rings (SSSR count). The highest BCUT2D eigenvalue weighted by Gasteiger charge is 2.34. The number of fused-ring (bicyclic) bond motifs is 1. The first-order valence-corrected chi connectivity index (χ1v) is 7.78. The van der Waals surface area contributed by atoms with Crippen LogP contribution in [0.5, 0.6) is 0 Å². The highest BCUT2D eigenvalue weighted by Crippen LogP contribution is 2.21. The van der Waals surface area contributed by atoms with Crippen molar-refractivity contribution < 1.29 is 14.0 Å². The van der Waals surface area contributed by atoms with Crippen molar-refractivity contribution in [3.05, 3.63) is 17.3 Å². The summed E-state index contributed by atoms with van der Waals surface area (Å²) in [5.41, 5.74) is 0.459. The van der Waals surface area contributed by atoms with Crippen LogP contribution in [-0.4, -0.2) is 54.3 Å². The maximum Gasteiger partial charge on any atom is 0.229 e. The van der Waals surface area contributed by atoms with Crippen molar-refractivity contribution in [1.82, 2.24) is 9.88 Å². The fourth-order valence-electron chi connectivity index (χ4n) is 2.37. The van der Waals surface area contributed by atoms with E-state index < -0.39 is 0 Å². The number of aliphatic imine (C=N–C) groups is 1. The van der Waals surface area contributed by atoms with Gasteiger partial charge in [-0.2, -0.15) is 0 Å². The minimum absolute atomic E-state index is 0.0296. The Kier molecular flexibility index (Phi) is 5.60. The summed E-state index contributed by atoms with van der Waals surface area (Å²) in [6.07, 6.45) is 3.68. The number of carbonyl (C=O) groups excluding carboxylic acids is 2. The molecule has 1 aromatic heterocycles. The Morgan fingerprint density at radius 2 is 2.00 bits per heavy atom. The molecule has 1 aromatic rings. The van der Waals surface area contributed by atoms with Gasteiger partial charge in [-0.15, -0.1) is 0 Å². The van der Waals surface area contributed by atoms with Gasteiger partial charge in [-0.25, -0.2) is 4.98 Å². The minimum Gasteiger partial charge on any atom is -0.437 e. The highest BCUT2D eigenvalue weighted by atomic mass is 16.4. The number of rotatable bonds is 7. The number of unbranched alkanes of at least 4 members (excludes halogenated alkanes) is 2. The molecule has 0 saturated heterocycles. The molecule has 0 N–H and O–H groups in total. The normalized spacial score (nSPS) is 16.6. The van der Waals surface area contributed by atoms with E-state index in [-0.39, 0.29) is 29.4 Å². The summed E-state index contributed by atoms with van der Waals surface area (Å²) < 4.78 is 5.33. The third kappa shape index (κ3) is 3.88. The van der Waals surface area contributed by atoms with E-state index in [0.717, 1.165) is 25.8 Å². The van der Waals surface area contributed by atoms with Gasteiger partial charge in [0, 0.05) is 13.0 Å². The van der Waals surface area contributed by atoms with Crippen molar-refractivity contribution in [2.45, 2.75) is 39.0 Å². The van der Waals surface area contributed by atoms with Crippen LogP contribution < -0.4 is 0 Å². The van der Waals surface area contributed by atoms with E-state index in [1.165, 1.54) is 0 Å². The molecule has 0 spiro atoms. The van der Waals surface area contributed by atoms with Gasteiger partial charge < -0.3 is 9.32 Å². The lowest BCUT2D eigenvalue weighted by Gasteiger charge is -2.10. The Bertz CT molecular complexity index is 587. The summed E-state index contributed by atoms with van der Waals surface area (Å²) in [5.74, 6) is 0.0721. The lowest BCUT2D eigenvalue weighted by Crippen LogP contribution is -2.27. The first kappa shape index (κ1) is 16.5. The van der Waals surface area contributed by atoms with Crippen molar-refractivity contribution in [3.63, 3.8) is 0 Å². The Morgan fingerprint density at radius 3 is 2.68 bits per heavy atom. The Labute approximate surface area is 130 Å². The van der Waals surface area contributed by atoms with Gasteiger partial charge in [-0.3, -0.25) is 14.6 Å². The molecule has 0 unspecified atom stereocenters. The third-order valence-corrected chi connectivity index (χ3v) is 3.60. The molecule has 6 nitrogen and oxygen atoms in total. The van der Waals surface area contributed by atoms with Gasteiger partial charge in [0.15, 0.2) is 11.6 Å². The molecule has 1 heterocycles. The van der Waals surface area contributed by atoms with E-state index in [9.17, 15) is 9.59 Å². The van der Waals surface area contributed by atoms with E-state index in [2.05, 4.69) is 14.9 Å². The number of hydrogen-bond donors (Lipinski definition) is 0. The lowest BCUT2D eigenvalue weighted by molar-refractivity contribution is 0.0938. The Balaban J connectivity index is 1.94. The quantitative estimate of drug-likeness (QED) is 0.722. The van der Waals surface area contributed by atoms with E-state index >= 15 is 0 Å². The van der Waals surface area contributed by atoms with Crippen LogP contribution in [0.4, 0.5) is 0 Å². The van der Waals surface area contributed by atoms with Crippen LogP contribution in [0.3, 0.4) is 0 Å². The maximum absolute atomic E-state index is 12.3. The highest BCUT2D eigenvalue weighted by molar-refractivity contribution is 6.51. The van der Waals surface area contributed by atoms with Gasteiger partial charge in [-0.05, 0) is 33.5 Å². The Hall–Kier alpha value is -1.82. The molecule has 0 atom stereocenters. The van der Waals surface area contributed by atoms with Crippen LogP contribution in [-0.2, 0) is 6.42 Å². The average Bonchev–Trinajstić information content (AvgIpc) is 2.92. The molecule has 0 radical (unpaired) electrons. The standard InChI is InChI=1S/C16H23N3O3/c1-4-13-18-14-15(21)11(10-12(20)16(14)22-13)17-8-6-5-7-9-19(2)3/h4-10H2,1-3H3. The molecule has 1 aliphatic carbocycles. The summed E-state index contributed by atoms with van der Waals surface area (Å²) in [6.45, 7) is 3.50. The minimum atomic E-state index is -0.258. The predicted octanol–water partition coefficient (Wildman–Crippen LogP) is 2.18. The fraction of sp³-hybridized carbons (Fsp3) is 0.625. The second-order valence-electron chi connectivity index (χ2n) is 5.76. The van der Waals surface area contributed by atoms with Crippen LogP contribution in [0.2, 0.25) is 0 Å². The third-order valence-electron chi connectivity index (χ3n) is 3.60. The number of hydrogen-bond acceptors (Lipinski definition) is 6. The molecule has 0 saturated carbocycles. The van der Waals surface area contributed by atoms with Gasteiger partial charge in [0.2, 0.25) is 17.3 Å². The van der Waals surface area contributed by atoms with Crippen molar-refractivity contribution in [2.24, 2.45) is 4.99 Å². The van der Waals surface area contributed by atoms with Crippen molar-refractivity contribution in [3.8, 4) is 0 Å². The molecule has 0 bridgehead atoms. The van der Waals surface area contributed by atoms with Gasteiger partial charge in [0.05, 0.1) is 12.1 Å². The summed E-state index contributed by atoms with van der Waals surface area (Å²) in [6, 6.07) is 0. The maximum atomic E-state index is 12.3. The summed E-state index contributed by atoms with van der Waals surface area (Å²) in [4.78, 5) is 34.9. The second kappa shape index (κ2) is 7.45. The number of aryl methyl sites for hydroxylation is 1. The summed E-state index contributed by atoms with van der Waals surface area (Å²) >= 11 is 0. The van der Waals surface area contributed by atoms with Crippen LogP contribution in [0.25, 0.3) is 0 Å². The number of nitrogens with zero attached hydrogens (tertiary/aromatic N) is 3. The van der Waals surface area contributed by atoms with Gasteiger partial charge in [0.1, 0.15) is 0 Å². The fourth-order valence-corrected chi connectivity index (χ4v) is 2.37. The first-order chi connectivity index (χ1) is 10.5. The van der Waals surface area contributed by atoms with Gasteiger partial charge in [0.25, 0.3) is 0 Å². The van der Waals surface area contributed by atoms with Crippen molar-refractivity contribution >= 4 is 17.3 Å². The monoisotopic (exact) mass is 305 g/mol. The molecular weight excluding hydrogens is 282 g/mol. The van der Waals surface area contributed by atoms with Crippen LogP contribution >= 0.6 is 0 Å². The van der Waals surface area contributed by atoms with Crippen LogP contribution in [0.15, 0.2) is 9.41 Å². The van der Waals surface area contributed by atoms with E-state index in [1.54, 1.807) is 0 Å². The van der Waals surface area contributed by atoms with Crippen molar-refractivity contribution in [2.75, 3.05) is 27.2 Å². The molecular formula is C16H23N3O3. The predicted molar refractivity (Wildman–Crippen MR) is 83.9 cm³/mol. The lowest BCUT2D eigenvalue weighted by atomic mass is 9.97. The van der Waals surface area contributed by atoms with Crippen LogP contribution in [0.1, 0.15) is 59.5 Å². The van der Waals surface area contributed by atoms with E-state index in [4.69, 9.17) is 4.42 Å². The zero-order chi connectivity index (χ0) is 16.1. The first-order valence-electron chi connectivity index (χ1n) is 7.78. The molecule has 0 aliphatic heterocycles. The number of aromatic nitrogens is 1. The van der Waals surface area contributed by atoms with E-state index in [0.29, 0.717) is 24.6 Å². The second-order valence-corrected chi connectivity index (χ2v) is 5.76. The summed E-state index contributed by atoms with van der Waals surface area (Å²) in [7, 11) is 4.10. The van der Waals surface area contributed by atoms with Gasteiger partial charge in [-0.1, -0.05) is 13.3 Å². The zero-order valence-corrected chi connectivity index (χ0v) is 13.5. The SMILES string of the molecule is CCc1nc2c(o1)C(=O)CC(=NCCCCCN(C)C)C2=O.